The average molecular weight is 453 g/mol. The van der Waals surface area contributed by atoms with Crippen LogP contribution in [0, 0.1) is 5.92 Å². The molecule has 0 aliphatic rings. The van der Waals surface area contributed by atoms with Crippen molar-refractivity contribution in [1.29, 1.82) is 0 Å². The van der Waals surface area contributed by atoms with Gasteiger partial charge in [0.1, 0.15) is 0 Å². The van der Waals surface area contributed by atoms with Crippen molar-refractivity contribution in [1.82, 2.24) is 0 Å². The SMILES string of the molecule is CC.CCc1ccccc1C(=O)S.CS.CSCCc1ccccc1CC(C)C. The summed E-state index contributed by atoms with van der Waals surface area (Å²) in [6, 6.07) is 16.4. The summed E-state index contributed by atoms with van der Waals surface area (Å²) in [7, 11) is 0. The van der Waals surface area contributed by atoms with Crippen LogP contribution in [0.15, 0.2) is 48.5 Å². The molecule has 0 heterocycles. The van der Waals surface area contributed by atoms with E-state index in [4.69, 9.17) is 0 Å². The van der Waals surface area contributed by atoms with Gasteiger partial charge in [-0.3, -0.25) is 4.79 Å². The molecule has 0 unspecified atom stereocenters. The van der Waals surface area contributed by atoms with Gasteiger partial charge in [-0.15, -0.1) is 12.6 Å². The Hall–Kier alpha value is -0.840. The van der Waals surface area contributed by atoms with Gasteiger partial charge in [0.15, 0.2) is 0 Å². The minimum Gasteiger partial charge on any atom is -0.282 e. The number of benzene rings is 2. The maximum Gasteiger partial charge on any atom is 0.216 e. The Labute approximate surface area is 195 Å². The molecule has 4 heteroatoms. The van der Waals surface area contributed by atoms with Crippen molar-refractivity contribution >= 4 is 42.1 Å². The van der Waals surface area contributed by atoms with E-state index in [9.17, 15) is 4.79 Å². The lowest BCUT2D eigenvalue weighted by atomic mass is 9.97. The Morgan fingerprint density at radius 3 is 1.83 bits per heavy atom. The van der Waals surface area contributed by atoms with Crippen LogP contribution >= 0.6 is 37.0 Å². The lowest BCUT2D eigenvalue weighted by Gasteiger charge is -2.10. The van der Waals surface area contributed by atoms with Gasteiger partial charge < -0.3 is 0 Å². The van der Waals surface area contributed by atoms with Crippen molar-refractivity contribution in [3.63, 3.8) is 0 Å². The lowest BCUT2D eigenvalue weighted by Crippen LogP contribution is -2.00. The molecule has 2 rings (SSSR count). The summed E-state index contributed by atoms with van der Waals surface area (Å²) < 4.78 is 0. The highest BCUT2D eigenvalue weighted by Crippen LogP contribution is 2.15. The number of rotatable bonds is 7. The largest absolute Gasteiger partial charge is 0.282 e. The number of hydrogen-bond acceptors (Lipinski definition) is 3. The molecule has 0 radical (unpaired) electrons. The van der Waals surface area contributed by atoms with Gasteiger partial charge in [-0.1, -0.05) is 83.1 Å². The Kier molecular flexibility index (Phi) is 21.4. The summed E-state index contributed by atoms with van der Waals surface area (Å²) in [5.41, 5.74) is 4.86. The zero-order valence-corrected chi connectivity index (χ0v) is 21.8. The monoisotopic (exact) mass is 452 g/mol. The van der Waals surface area contributed by atoms with Crippen molar-refractivity contribution < 1.29 is 4.79 Å². The molecule has 0 saturated carbocycles. The zero-order valence-electron chi connectivity index (χ0n) is 19.2. The van der Waals surface area contributed by atoms with Gasteiger partial charge in [-0.05, 0) is 60.1 Å². The fourth-order valence-corrected chi connectivity index (χ4v) is 3.33. The molecule has 0 fully saturated rings. The smallest absolute Gasteiger partial charge is 0.216 e. The topological polar surface area (TPSA) is 17.1 Å². The number of carbonyl (C=O) groups excluding carboxylic acids is 1. The van der Waals surface area contributed by atoms with E-state index in [2.05, 4.69) is 69.6 Å². The summed E-state index contributed by atoms with van der Waals surface area (Å²) in [6.07, 6.45) is 7.17. The second-order valence-electron chi connectivity index (χ2n) is 6.43. The number of hydrogen-bond donors (Lipinski definition) is 2. The third kappa shape index (κ3) is 13.9. The van der Waals surface area contributed by atoms with E-state index >= 15 is 0 Å². The highest BCUT2D eigenvalue weighted by atomic mass is 32.2. The minimum atomic E-state index is -0.151. The van der Waals surface area contributed by atoms with E-state index in [0.717, 1.165) is 23.5 Å². The summed E-state index contributed by atoms with van der Waals surface area (Å²) in [4.78, 5) is 10.9. The fraction of sp³-hybridized carbons (Fsp3) is 0.480. The van der Waals surface area contributed by atoms with Crippen molar-refractivity contribution in [2.24, 2.45) is 5.92 Å². The average Bonchev–Trinajstić information content (AvgIpc) is 2.76. The van der Waals surface area contributed by atoms with Crippen molar-refractivity contribution in [3.8, 4) is 0 Å². The second-order valence-corrected chi connectivity index (χ2v) is 7.82. The quantitative estimate of drug-likeness (QED) is 0.419. The first-order valence-corrected chi connectivity index (χ1v) is 13.0. The number of thioether (sulfide) groups is 1. The van der Waals surface area contributed by atoms with Crippen molar-refractivity contribution in [2.45, 2.75) is 53.9 Å². The molecule has 0 aliphatic carbocycles. The first-order valence-electron chi connectivity index (χ1n) is 10.3. The van der Waals surface area contributed by atoms with E-state index < -0.39 is 0 Å². The number of aryl methyl sites for hydroxylation is 2. The Balaban J connectivity index is 0. The third-order valence-corrected chi connectivity index (χ3v) is 4.80. The molecule has 0 N–H and O–H groups in total. The normalized spacial score (nSPS) is 9.31. The van der Waals surface area contributed by atoms with Crippen LogP contribution in [0.1, 0.15) is 61.7 Å². The first kappa shape index (κ1) is 30.4. The summed E-state index contributed by atoms with van der Waals surface area (Å²) in [6.45, 7) is 10.6. The van der Waals surface area contributed by atoms with Crippen LogP contribution in [0.25, 0.3) is 0 Å². The third-order valence-electron chi connectivity index (χ3n) is 3.95. The van der Waals surface area contributed by atoms with Crippen LogP contribution in [-0.4, -0.2) is 23.4 Å². The first-order chi connectivity index (χ1) is 14.0. The molecule has 0 aromatic heterocycles. The molecular formula is C25H40OS3. The van der Waals surface area contributed by atoms with E-state index in [1.165, 1.54) is 29.7 Å². The van der Waals surface area contributed by atoms with Crippen LogP contribution in [0.4, 0.5) is 0 Å². The molecular weight excluding hydrogens is 412 g/mol. The standard InChI is InChI=1S/C13H20S.C9H10OS.C2H6.CH4S/c1-11(2)10-13-7-5-4-6-12(13)8-9-14-3;1-2-7-5-3-4-6-8(7)9(10)11;2*1-2/h4-7,11H,8-10H2,1-3H3;3-6H,2H2,1H3,(H,10,11);1-2H3;2H,1H3. The molecule has 0 atom stereocenters. The second kappa shape index (κ2) is 20.4. The number of thiol groups is 2. The van der Waals surface area contributed by atoms with E-state index in [1.54, 1.807) is 12.3 Å². The molecule has 29 heavy (non-hydrogen) atoms. The number of carbonyl (C=O) groups is 1. The van der Waals surface area contributed by atoms with Crippen LogP contribution in [0.3, 0.4) is 0 Å². The fourth-order valence-electron chi connectivity index (χ4n) is 2.69. The van der Waals surface area contributed by atoms with Gasteiger partial charge in [0.05, 0.1) is 0 Å². The summed E-state index contributed by atoms with van der Waals surface area (Å²) >= 11 is 9.22. The molecule has 0 bridgehead atoms. The molecule has 0 saturated heterocycles. The summed E-state index contributed by atoms with van der Waals surface area (Å²) in [5, 5.41) is -0.151. The van der Waals surface area contributed by atoms with Crippen LogP contribution in [-0.2, 0) is 19.3 Å². The van der Waals surface area contributed by atoms with E-state index in [1.807, 2.05) is 50.7 Å². The Morgan fingerprint density at radius 2 is 1.41 bits per heavy atom. The van der Waals surface area contributed by atoms with Crippen LogP contribution in [0.5, 0.6) is 0 Å². The van der Waals surface area contributed by atoms with Crippen LogP contribution < -0.4 is 0 Å². The zero-order chi connectivity index (χ0) is 22.7. The molecule has 0 aliphatic heterocycles. The van der Waals surface area contributed by atoms with Gasteiger partial charge in [0.2, 0.25) is 5.12 Å². The maximum absolute atomic E-state index is 10.9. The van der Waals surface area contributed by atoms with E-state index in [-0.39, 0.29) is 5.12 Å². The summed E-state index contributed by atoms with van der Waals surface area (Å²) in [5.74, 6) is 1.99. The van der Waals surface area contributed by atoms with Crippen LogP contribution in [0.2, 0.25) is 0 Å². The predicted molar refractivity (Wildman–Crippen MR) is 142 cm³/mol. The molecule has 164 valence electrons. The molecule has 0 spiro atoms. The Morgan fingerprint density at radius 1 is 0.931 bits per heavy atom. The minimum absolute atomic E-state index is 0.151. The maximum atomic E-state index is 10.9. The van der Waals surface area contributed by atoms with Gasteiger partial charge in [-0.25, -0.2) is 0 Å². The highest BCUT2D eigenvalue weighted by Gasteiger charge is 2.04. The molecule has 0 amide bonds. The molecule has 1 nitrogen and oxygen atoms in total. The molecule has 2 aromatic carbocycles. The van der Waals surface area contributed by atoms with Gasteiger partial charge in [0.25, 0.3) is 0 Å². The Bertz CT molecular complexity index is 654. The van der Waals surface area contributed by atoms with Gasteiger partial charge >= 0.3 is 0 Å². The highest BCUT2D eigenvalue weighted by molar-refractivity contribution is 7.98. The van der Waals surface area contributed by atoms with E-state index in [0.29, 0.717) is 0 Å². The predicted octanol–water partition coefficient (Wildman–Crippen LogP) is 7.68. The molecule has 2 aromatic rings. The van der Waals surface area contributed by atoms with Gasteiger partial charge in [0, 0.05) is 5.56 Å². The lowest BCUT2D eigenvalue weighted by molar-refractivity contribution is 0.109. The van der Waals surface area contributed by atoms with Crippen molar-refractivity contribution in [2.75, 3.05) is 18.3 Å². The van der Waals surface area contributed by atoms with Crippen molar-refractivity contribution in [3.05, 3.63) is 70.8 Å². The van der Waals surface area contributed by atoms with Gasteiger partial charge in [-0.2, -0.15) is 24.4 Å².